The summed E-state index contributed by atoms with van der Waals surface area (Å²) in [5.41, 5.74) is 1.38. The molecule has 0 atom stereocenters. The summed E-state index contributed by atoms with van der Waals surface area (Å²) in [6.45, 7) is 0. The van der Waals surface area contributed by atoms with Crippen molar-refractivity contribution in [3.05, 3.63) is 36.3 Å². The van der Waals surface area contributed by atoms with Crippen LogP contribution in [0.3, 0.4) is 0 Å². The van der Waals surface area contributed by atoms with Gasteiger partial charge in [-0.25, -0.2) is 4.39 Å². The van der Waals surface area contributed by atoms with Crippen LogP contribution in [-0.2, 0) is 7.05 Å². The molecule has 1 aromatic heterocycles. The summed E-state index contributed by atoms with van der Waals surface area (Å²) in [4.78, 5) is 0. The van der Waals surface area contributed by atoms with Gasteiger partial charge in [0.1, 0.15) is 11.6 Å². The van der Waals surface area contributed by atoms with Crippen LogP contribution in [0.5, 0.6) is 5.75 Å². The number of benzene rings is 1. The highest BCUT2D eigenvalue weighted by Gasteiger charge is 2.05. The lowest BCUT2D eigenvalue weighted by molar-refractivity contribution is 0.469. The number of aromatic nitrogens is 2. The van der Waals surface area contributed by atoms with Crippen molar-refractivity contribution in [1.29, 1.82) is 0 Å². The van der Waals surface area contributed by atoms with Crippen molar-refractivity contribution in [2.45, 2.75) is 0 Å². The molecule has 3 nitrogen and oxygen atoms in total. The molecule has 1 aromatic carbocycles. The first-order valence-electron chi connectivity index (χ1n) is 4.15. The predicted octanol–water partition coefficient (Wildman–Crippen LogP) is 1.93. The topological polar surface area (TPSA) is 38.0 Å². The zero-order valence-electron chi connectivity index (χ0n) is 7.61. The normalized spacial score (nSPS) is 10.4. The Labute approximate surface area is 80.4 Å². The molecular formula is C10H9FN2O. The van der Waals surface area contributed by atoms with E-state index in [1.54, 1.807) is 24.0 Å². The van der Waals surface area contributed by atoms with Crippen LogP contribution in [0.1, 0.15) is 0 Å². The van der Waals surface area contributed by atoms with Gasteiger partial charge in [-0.15, -0.1) is 0 Å². The standard InChI is InChI=1S/C10H9FN2O/c1-13-10(2-3-12-13)7-4-8(11)6-9(14)5-7/h2-6,14H,1H3. The van der Waals surface area contributed by atoms with Crippen molar-refractivity contribution in [3.8, 4) is 17.0 Å². The van der Waals surface area contributed by atoms with Crippen molar-refractivity contribution in [1.82, 2.24) is 9.78 Å². The van der Waals surface area contributed by atoms with Crippen molar-refractivity contribution < 1.29 is 9.50 Å². The monoisotopic (exact) mass is 192 g/mol. The average molecular weight is 192 g/mol. The Hall–Kier alpha value is -1.84. The first-order valence-corrected chi connectivity index (χ1v) is 4.15. The Balaban J connectivity index is 2.57. The first kappa shape index (κ1) is 8.74. The molecule has 0 spiro atoms. The summed E-state index contributed by atoms with van der Waals surface area (Å²) in [6.07, 6.45) is 1.62. The predicted molar refractivity (Wildman–Crippen MR) is 50.3 cm³/mol. The Kier molecular flexibility index (Phi) is 1.96. The Morgan fingerprint density at radius 2 is 2.14 bits per heavy atom. The summed E-state index contributed by atoms with van der Waals surface area (Å²) in [6, 6.07) is 5.69. The smallest absolute Gasteiger partial charge is 0.127 e. The SMILES string of the molecule is Cn1nccc1-c1cc(O)cc(F)c1. The molecule has 0 bridgehead atoms. The second kappa shape index (κ2) is 3.14. The molecule has 0 radical (unpaired) electrons. The van der Waals surface area contributed by atoms with E-state index in [9.17, 15) is 9.50 Å². The molecule has 1 N–H and O–H groups in total. The molecule has 0 fully saturated rings. The number of hydrogen-bond acceptors (Lipinski definition) is 2. The summed E-state index contributed by atoms with van der Waals surface area (Å²) >= 11 is 0. The van der Waals surface area contributed by atoms with Gasteiger partial charge in [-0.1, -0.05) is 0 Å². The summed E-state index contributed by atoms with van der Waals surface area (Å²) in [7, 11) is 1.76. The van der Waals surface area contributed by atoms with Gasteiger partial charge in [0.15, 0.2) is 0 Å². The van der Waals surface area contributed by atoms with Gasteiger partial charge in [0.25, 0.3) is 0 Å². The summed E-state index contributed by atoms with van der Waals surface area (Å²) in [5, 5.41) is 13.2. The fourth-order valence-electron chi connectivity index (χ4n) is 1.38. The quantitative estimate of drug-likeness (QED) is 0.749. The van der Waals surface area contributed by atoms with E-state index in [1.165, 1.54) is 12.1 Å². The molecule has 0 saturated carbocycles. The van der Waals surface area contributed by atoms with E-state index in [4.69, 9.17) is 0 Å². The largest absolute Gasteiger partial charge is 0.508 e. The molecule has 2 rings (SSSR count). The third kappa shape index (κ3) is 1.46. The van der Waals surface area contributed by atoms with E-state index in [2.05, 4.69) is 5.10 Å². The van der Waals surface area contributed by atoms with E-state index in [1.807, 2.05) is 0 Å². The molecule has 1 heterocycles. The zero-order chi connectivity index (χ0) is 10.1. The molecule has 72 valence electrons. The molecular weight excluding hydrogens is 183 g/mol. The van der Waals surface area contributed by atoms with Crippen molar-refractivity contribution in [3.63, 3.8) is 0 Å². The van der Waals surface area contributed by atoms with Crippen LogP contribution in [0.2, 0.25) is 0 Å². The van der Waals surface area contributed by atoms with Gasteiger partial charge >= 0.3 is 0 Å². The first-order chi connectivity index (χ1) is 6.66. The Morgan fingerprint density at radius 1 is 1.36 bits per heavy atom. The lowest BCUT2D eigenvalue weighted by atomic mass is 10.1. The van der Waals surface area contributed by atoms with Gasteiger partial charge in [0.05, 0.1) is 5.69 Å². The zero-order valence-corrected chi connectivity index (χ0v) is 7.61. The maximum atomic E-state index is 13.0. The highest BCUT2D eigenvalue weighted by Crippen LogP contribution is 2.23. The second-order valence-electron chi connectivity index (χ2n) is 3.04. The minimum absolute atomic E-state index is 0.0822. The van der Waals surface area contributed by atoms with E-state index < -0.39 is 5.82 Å². The van der Waals surface area contributed by atoms with Gasteiger partial charge in [-0.05, 0) is 18.2 Å². The molecule has 0 unspecified atom stereocenters. The van der Waals surface area contributed by atoms with Gasteiger partial charge in [0.2, 0.25) is 0 Å². The number of halogens is 1. The van der Waals surface area contributed by atoms with Crippen LogP contribution in [0.25, 0.3) is 11.3 Å². The van der Waals surface area contributed by atoms with E-state index in [0.29, 0.717) is 5.56 Å². The molecule has 2 aromatic rings. The maximum absolute atomic E-state index is 13.0. The van der Waals surface area contributed by atoms with Crippen molar-refractivity contribution in [2.75, 3.05) is 0 Å². The summed E-state index contributed by atoms with van der Waals surface area (Å²) in [5.74, 6) is -0.539. The van der Waals surface area contributed by atoms with Crippen LogP contribution in [-0.4, -0.2) is 14.9 Å². The van der Waals surface area contributed by atoms with Gasteiger partial charge in [-0.2, -0.15) is 5.10 Å². The van der Waals surface area contributed by atoms with Gasteiger partial charge in [-0.3, -0.25) is 4.68 Å². The van der Waals surface area contributed by atoms with Crippen LogP contribution in [0.4, 0.5) is 4.39 Å². The Bertz CT molecular complexity index is 445. The van der Waals surface area contributed by atoms with E-state index in [0.717, 1.165) is 11.8 Å². The number of rotatable bonds is 1. The van der Waals surface area contributed by atoms with Crippen LogP contribution < -0.4 is 0 Å². The maximum Gasteiger partial charge on any atom is 0.127 e. The fourth-order valence-corrected chi connectivity index (χ4v) is 1.38. The highest BCUT2D eigenvalue weighted by molar-refractivity contribution is 5.61. The molecule has 0 aliphatic carbocycles. The lowest BCUT2D eigenvalue weighted by Gasteiger charge is -2.02. The number of aromatic hydroxyl groups is 1. The van der Waals surface area contributed by atoms with Crippen molar-refractivity contribution in [2.24, 2.45) is 7.05 Å². The second-order valence-corrected chi connectivity index (χ2v) is 3.04. The molecule has 0 aliphatic heterocycles. The molecule has 4 heteroatoms. The Morgan fingerprint density at radius 3 is 2.71 bits per heavy atom. The number of hydrogen-bond donors (Lipinski definition) is 1. The van der Waals surface area contributed by atoms with Crippen molar-refractivity contribution >= 4 is 0 Å². The molecule has 0 saturated heterocycles. The number of phenolic OH excluding ortho intramolecular Hbond substituents is 1. The highest BCUT2D eigenvalue weighted by atomic mass is 19.1. The summed E-state index contributed by atoms with van der Waals surface area (Å²) < 4.78 is 14.6. The molecule has 0 amide bonds. The minimum Gasteiger partial charge on any atom is -0.508 e. The minimum atomic E-state index is -0.457. The third-order valence-electron chi connectivity index (χ3n) is 2.00. The van der Waals surface area contributed by atoms with Crippen LogP contribution >= 0.6 is 0 Å². The fraction of sp³-hybridized carbons (Fsp3) is 0.100. The lowest BCUT2D eigenvalue weighted by Crippen LogP contribution is -1.93. The molecule has 0 aliphatic rings. The number of nitrogens with zero attached hydrogens (tertiary/aromatic N) is 2. The molecule has 14 heavy (non-hydrogen) atoms. The van der Waals surface area contributed by atoms with E-state index >= 15 is 0 Å². The number of aryl methyl sites for hydroxylation is 1. The van der Waals surface area contributed by atoms with Crippen LogP contribution in [0.15, 0.2) is 30.5 Å². The van der Waals surface area contributed by atoms with Gasteiger partial charge in [0, 0.05) is 24.9 Å². The van der Waals surface area contributed by atoms with Gasteiger partial charge < -0.3 is 5.11 Å². The number of phenols is 1. The third-order valence-corrected chi connectivity index (χ3v) is 2.00. The van der Waals surface area contributed by atoms with E-state index in [-0.39, 0.29) is 5.75 Å². The van der Waals surface area contributed by atoms with Crippen LogP contribution in [0, 0.1) is 5.82 Å². The average Bonchev–Trinajstić information content (AvgIpc) is 2.49.